The molecule has 1 aromatic heterocycles. The van der Waals surface area contributed by atoms with Crippen molar-refractivity contribution < 1.29 is 13.5 Å². The minimum Gasteiger partial charge on any atom is -0.396 e. The lowest BCUT2D eigenvalue weighted by molar-refractivity contribution is 0.263. The number of sulfonamides is 1. The van der Waals surface area contributed by atoms with Crippen LogP contribution in [0.5, 0.6) is 0 Å². The molecule has 0 aromatic carbocycles. The van der Waals surface area contributed by atoms with Crippen LogP contribution in [0.3, 0.4) is 0 Å². The summed E-state index contributed by atoms with van der Waals surface area (Å²) < 4.78 is 25.9. The molecule has 0 saturated heterocycles. The first kappa shape index (κ1) is 13.1. The molecule has 16 heavy (non-hydrogen) atoms. The summed E-state index contributed by atoms with van der Waals surface area (Å²) >= 11 is 0. The zero-order valence-corrected chi connectivity index (χ0v) is 10.2. The molecule has 0 radical (unpaired) electrons. The third kappa shape index (κ3) is 3.58. The molecule has 92 valence electrons. The van der Waals surface area contributed by atoms with E-state index in [-0.39, 0.29) is 17.6 Å². The maximum absolute atomic E-state index is 11.7. The van der Waals surface area contributed by atoms with Crippen LogP contribution >= 0.6 is 0 Å². The molecule has 3 N–H and O–H groups in total. The van der Waals surface area contributed by atoms with Crippen LogP contribution in [0.25, 0.3) is 0 Å². The highest BCUT2D eigenvalue weighted by molar-refractivity contribution is 7.89. The van der Waals surface area contributed by atoms with Gasteiger partial charge < -0.3 is 10.1 Å². The number of imidazole rings is 1. The first-order valence-corrected chi connectivity index (χ1v) is 6.56. The molecule has 1 heterocycles. The second kappa shape index (κ2) is 5.42. The van der Waals surface area contributed by atoms with Gasteiger partial charge in [-0.25, -0.2) is 18.1 Å². The van der Waals surface area contributed by atoms with Gasteiger partial charge in [0.2, 0.25) is 0 Å². The van der Waals surface area contributed by atoms with Gasteiger partial charge in [0.1, 0.15) is 5.82 Å². The van der Waals surface area contributed by atoms with Gasteiger partial charge in [-0.2, -0.15) is 0 Å². The van der Waals surface area contributed by atoms with Gasteiger partial charge >= 0.3 is 0 Å². The van der Waals surface area contributed by atoms with E-state index in [9.17, 15) is 8.42 Å². The molecule has 0 aliphatic rings. The Bertz CT molecular complexity index is 427. The van der Waals surface area contributed by atoms with Crippen molar-refractivity contribution in [3.8, 4) is 0 Å². The summed E-state index contributed by atoms with van der Waals surface area (Å²) in [6, 6.07) is 0. The Morgan fingerprint density at radius 3 is 2.81 bits per heavy atom. The van der Waals surface area contributed by atoms with Crippen LogP contribution in [-0.4, -0.2) is 36.6 Å². The average molecular weight is 247 g/mol. The third-order valence-corrected chi connectivity index (χ3v) is 3.55. The molecule has 0 saturated carbocycles. The van der Waals surface area contributed by atoms with Crippen LogP contribution in [-0.2, 0) is 10.0 Å². The lowest BCUT2D eigenvalue weighted by Crippen LogP contribution is -2.29. The van der Waals surface area contributed by atoms with Crippen LogP contribution in [0, 0.1) is 12.8 Å². The molecule has 0 amide bonds. The van der Waals surface area contributed by atoms with E-state index < -0.39 is 10.0 Å². The molecule has 0 spiro atoms. The molecule has 0 bridgehead atoms. The summed E-state index contributed by atoms with van der Waals surface area (Å²) in [7, 11) is -3.50. The topological polar surface area (TPSA) is 95.1 Å². The number of aromatic nitrogens is 2. The molecule has 0 aliphatic heterocycles. The Morgan fingerprint density at radius 2 is 2.31 bits per heavy atom. The fourth-order valence-electron chi connectivity index (χ4n) is 1.19. The highest BCUT2D eigenvalue weighted by atomic mass is 32.2. The van der Waals surface area contributed by atoms with Crippen molar-refractivity contribution in [1.29, 1.82) is 0 Å². The van der Waals surface area contributed by atoms with Crippen molar-refractivity contribution in [2.24, 2.45) is 5.92 Å². The molecule has 1 rings (SSSR count). The molecular formula is C9H17N3O3S. The predicted octanol–water partition coefficient (Wildman–Crippen LogP) is 0.0149. The quantitative estimate of drug-likeness (QED) is 0.660. The number of nitrogens with zero attached hydrogens (tertiary/aromatic N) is 1. The van der Waals surface area contributed by atoms with E-state index >= 15 is 0 Å². The van der Waals surface area contributed by atoms with E-state index in [0.29, 0.717) is 18.8 Å². The van der Waals surface area contributed by atoms with Gasteiger partial charge in [0.25, 0.3) is 10.0 Å². The Morgan fingerprint density at radius 1 is 1.62 bits per heavy atom. The largest absolute Gasteiger partial charge is 0.396 e. The Hall–Kier alpha value is -0.920. The zero-order chi connectivity index (χ0) is 12.2. The van der Waals surface area contributed by atoms with E-state index in [1.165, 1.54) is 6.20 Å². The van der Waals surface area contributed by atoms with Crippen LogP contribution in [0.1, 0.15) is 19.2 Å². The summed E-state index contributed by atoms with van der Waals surface area (Å²) in [5, 5.41) is 8.76. The minimum absolute atomic E-state index is 0.0616. The lowest BCUT2D eigenvalue weighted by atomic mass is 10.1. The van der Waals surface area contributed by atoms with Crippen molar-refractivity contribution in [2.45, 2.75) is 25.3 Å². The van der Waals surface area contributed by atoms with Gasteiger partial charge in [0, 0.05) is 13.2 Å². The highest BCUT2D eigenvalue weighted by Gasteiger charge is 2.16. The van der Waals surface area contributed by atoms with E-state index in [0.717, 1.165) is 0 Å². The van der Waals surface area contributed by atoms with Crippen molar-refractivity contribution in [2.75, 3.05) is 13.2 Å². The smallest absolute Gasteiger partial charge is 0.257 e. The molecule has 1 aromatic rings. The van der Waals surface area contributed by atoms with Gasteiger partial charge in [0.05, 0.1) is 6.20 Å². The van der Waals surface area contributed by atoms with Crippen LogP contribution in [0.2, 0.25) is 0 Å². The van der Waals surface area contributed by atoms with Gasteiger partial charge in [-0.05, 0) is 19.3 Å². The first-order valence-electron chi connectivity index (χ1n) is 5.08. The first-order chi connectivity index (χ1) is 7.45. The molecular weight excluding hydrogens is 230 g/mol. The predicted molar refractivity (Wildman–Crippen MR) is 59.4 cm³/mol. The second-order valence-electron chi connectivity index (χ2n) is 3.80. The second-order valence-corrected chi connectivity index (χ2v) is 5.54. The van der Waals surface area contributed by atoms with Crippen molar-refractivity contribution in [3.05, 3.63) is 12.0 Å². The van der Waals surface area contributed by atoms with Crippen LogP contribution in [0.4, 0.5) is 0 Å². The number of hydrogen-bond donors (Lipinski definition) is 3. The number of aryl methyl sites for hydroxylation is 1. The van der Waals surface area contributed by atoms with Gasteiger partial charge in [-0.1, -0.05) is 6.92 Å². The fraction of sp³-hybridized carbons (Fsp3) is 0.667. The normalized spacial score (nSPS) is 13.9. The number of nitrogens with one attached hydrogen (secondary N) is 2. The van der Waals surface area contributed by atoms with Gasteiger partial charge in [-0.15, -0.1) is 0 Å². The Labute approximate surface area is 95.2 Å². The third-order valence-electron chi connectivity index (χ3n) is 2.21. The van der Waals surface area contributed by atoms with Crippen molar-refractivity contribution >= 4 is 10.0 Å². The van der Waals surface area contributed by atoms with Crippen LogP contribution in [0.15, 0.2) is 11.2 Å². The highest BCUT2D eigenvalue weighted by Crippen LogP contribution is 2.06. The summed E-state index contributed by atoms with van der Waals surface area (Å²) in [5.74, 6) is 0.660. The number of rotatable bonds is 6. The van der Waals surface area contributed by atoms with Crippen LogP contribution < -0.4 is 4.72 Å². The van der Waals surface area contributed by atoms with Gasteiger partial charge in [-0.3, -0.25) is 0 Å². The SMILES string of the molecule is Cc1ncc(S(=O)(=O)NCC(C)CCO)[nH]1. The molecule has 6 nitrogen and oxygen atoms in total. The zero-order valence-electron chi connectivity index (χ0n) is 9.40. The fourth-order valence-corrected chi connectivity index (χ4v) is 2.32. The van der Waals surface area contributed by atoms with Gasteiger partial charge in [0.15, 0.2) is 5.03 Å². The monoisotopic (exact) mass is 247 g/mol. The summed E-state index contributed by atoms with van der Waals surface area (Å²) in [6.45, 7) is 3.93. The number of aliphatic hydroxyl groups is 1. The van der Waals surface area contributed by atoms with E-state index in [1.54, 1.807) is 6.92 Å². The molecule has 1 unspecified atom stereocenters. The average Bonchev–Trinajstić information content (AvgIpc) is 2.63. The molecule has 0 fully saturated rings. The molecule has 0 aliphatic carbocycles. The maximum atomic E-state index is 11.7. The number of aliphatic hydroxyl groups excluding tert-OH is 1. The lowest BCUT2D eigenvalue weighted by Gasteiger charge is -2.10. The molecule has 1 atom stereocenters. The van der Waals surface area contributed by atoms with E-state index in [2.05, 4.69) is 14.7 Å². The number of hydrogen-bond acceptors (Lipinski definition) is 4. The van der Waals surface area contributed by atoms with E-state index in [4.69, 9.17) is 5.11 Å². The summed E-state index contributed by atoms with van der Waals surface area (Å²) in [5.41, 5.74) is 0. The standard InChI is InChI=1S/C9H17N3O3S/c1-7(3-4-13)5-11-16(14,15)9-6-10-8(2)12-9/h6-7,11,13H,3-5H2,1-2H3,(H,10,12). The van der Waals surface area contributed by atoms with Crippen molar-refractivity contribution in [3.63, 3.8) is 0 Å². The summed E-state index contributed by atoms with van der Waals surface area (Å²) in [6.07, 6.45) is 1.86. The summed E-state index contributed by atoms with van der Waals surface area (Å²) in [4.78, 5) is 6.49. The Kier molecular flexibility index (Phi) is 4.45. The van der Waals surface area contributed by atoms with Crippen molar-refractivity contribution in [1.82, 2.24) is 14.7 Å². The Balaban J connectivity index is 2.59. The minimum atomic E-state index is -3.50. The number of aromatic amines is 1. The molecule has 7 heteroatoms. The number of H-pyrrole nitrogens is 1. The van der Waals surface area contributed by atoms with E-state index in [1.807, 2.05) is 6.92 Å². The maximum Gasteiger partial charge on any atom is 0.257 e.